The molecule has 3 nitrogen and oxygen atoms in total. The van der Waals surface area contributed by atoms with Crippen LogP contribution in [0, 0.1) is 5.92 Å². The first-order chi connectivity index (χ1) is 10.3. The number of hydrogen-bond acceptors (Lipinski definition) is 3. The number of carbonyl (C=O) groups excluding carboxylic acids is 1. The Kier molecular flexibility index (Phi) is 4.86. The van der Waals surface area contributed by atoms with Crippen LogP contribution in [0.3, 0.4) is 0 Å². The number of amides is 1. The minimum Gasteiger partial charge on any atom is -0.335 e. The molecule has 1 aromatic carbocycles. The van der Waals surface area contributed by atoms with Gasteiger partial charge in [0.2, 0.25) is 0 Å². The van der Waals surface area contributed by atoms with Crippen LogP contribution in [0.25, 0.3) is 0 Å². The van der Waals surface area contributed by atoms with Gasteiger partial charge in [-0.25, -0.2) is 0 Å². The van der Waals surface area contributed by atoms with E-state index in [4.69, 9.17) is 0 Å². The quantitative estimate of drug-likeness (QED) is 0.849. The topological polar surface area (TPSA) is 32.3 Å². The van der Waals surface area contributed by atoms with E-state index in [1.54, 1.807) is 11.8 Å². The molecule has 0 spiro atoms. The molecule has 1 saturated heterocycles. The van der Waals surface area contributed by atoms with E-state index in [0.29, 0.717) is 12.0 Å². The maximum atomic E-state index is 12.8. The summed E-state index contributed by atoms with van der Waals surface area (Å²) in [5.41, 5.74) is 0.837. The number of benzene rings is 1. The average molecular weight is 304 g/mol. The van der Waals surface area contributed by atoms with Crippen molar-refractivity contribution in [2.24, 2.45) is 5.92 Å². The van der Waals surface area contributed by atoms with Gasteiger partial charge in [-0.3, -0.25) is 4.79 Å². The van der Waals surface area contributed by atoms with Crippen LogP contribution in [0.4, 0.5) is 0 Å². The van der Waals surface area contributed by atoms with Gasteiger partial charge in [-0.15, -0.1) is 11.8 Å². The van der Waals surface area contributed by atoms with Crippen LogP contribution in [-0.2, 0) is 0 Å². The Morgan fingerprint density at radius 3 is 2.62 bits per heavy atom. The average Bonchev–Trinajstić information content (AvgIpc) is 3.38. The second kappa shape index (κ2) is 6.84. The third-order valence-electron chi connectivity index (χ3n) is 4.44. The lowest BCUT2D eigenvalue weighted by Gasteiger charge is -2.30. The Bertz CT molecular complexity index is 478. The van der Waals surface area contributed by atoms with Crippen molar-refractivity contribution >= 4 is 17.7 Å². The van der Waals surface area contributed by atoms with Crippen LogP contribution in [0.15, 0.2) is 29.2 Å². The van der Waals surface area contributed by atoms with E-state index < -0.39 is 0 Å². The maximum Gasteiger partial charge on any atom is 0.254 e. The molecule has 0 radical (unpaired) electrons. The van der Waals surface area contributed by atoms with Crippen molar-refractivity contribution in [1.29, 1.82) is 0 Å². The van der Waals surface area contributed by atoms with E-state index in [9.17, 15) is 4.79 Å². The highest BCUT2D eigenvalue weighted by Crippen LogP contribution is 2.30. The van der Waals surface area contributed by atoms with Gasteiger partial charge in [-0.1, -0.05) is 0 Å². The Morgan fingerprint density at radius 2 is 2.05 bits per heavy atom. The zero-order valence-electron chi connectivity index (χ0n) is 12.7. The summed E-state index contributed by atoms with van der Waals surface area (Å²) in [6.07, 6.45) is 6.89. The Hall–Kier alpha value is -1.00. The first-order valence-electron chi connectivity index (χ1n) is 7.93. The van der Waals surface area contributed by atoms with Crippen LogP contribution in [-0.4, -0.2) is 42.7 Å². The molecule has 1 aromatic rings. The molecule has 1 amide bonds. The lowest BCUT2D eigenvalue weighted by Crippen LogP contribution is -2.42. The molecule has 1 heterocycles. The Balaban J connectivity index is 1.68. The van der Waals surface area contributed by atoms with Gasteiger partial charge >= 0.3 is 0 Å². The minimum absolute atomic E-state index is 0.218. The molecule has 0 aromatic heterocycles. The zero-order chi connectivity index (χ0) is 14.7. The van der Waals surface area contributed by atoms with Crippen molar-refractivity contribution in [2.75, 3.05) is 25.9 Å². The second-order valence-corrected chi connectivity index (χ2v) is 7.01. The minimum atomic E-state index is 0.218. The standard InChI is InChI=1S/C17H24N2OS/c1-21-16-8-4-14(5-9-16)17(20)19(15-6-7-15)12-13-3-2-10-18-11-13/h4-5,8-9,13,15,18H,2-3,6-7,10-12H2,1H3. The van der Waals surface area contributed by atoms with Crippen LogP contribution in [0.1, 0.15) is 36.0 Å². The monoisotopic (exact) mass is 304 g/mol. The molecular weight excluding hydrogens is 280 g/mol. The number of nitrogens with zero attached hydrogens (tertiary/aromatic N) is 1. The zero-order valence-corrected chi connectivity index (χ0v) is 13.5. The number of rotatable bonds is 5. The highest BCUT2D eigenvalue weighted by atomic mass is 32.2. The summed E-state index contributed by atoms with van der Waals surface area (Å²) in [5.74, 6) is 0.837. The van der Waals surface area contributed by atoms with Crippen molar-refractivity contribution in [3.8, 4) is 0 Å². The highest BCUT2D eigenvalue weighted by Gasteiger charge is 2.34. The lowest BCUT2D eigenvalue weighted by molar-refractivity contribution is 0.0704. The van der Waals surface area contributed by atoms with Gasteiger partial charge < -0.3 is 10.2 Å². The van der Waals surface area contributed by atoms with Crippen molar-refractivity contribution < 1.29 is 4.79 Å². The van der Waals surface area contributed by atoms with Gasteiger partial charge in [0, 0.05) is 23.0 Å². The van der Waals surface area contributed by atoms with Crippen LogP contribution in [0.5, 0.6) is 0 Å². The Labute approximate surface area is 131 Å². The van der Waals surface area contributed by atoms with Gasteiger partial charge in [0.15, 0.2) is 0 Å². The highest BCUT2D eigenvalue weighted by molar-refractivity contribution is 7.98. The number of carbonyl (C=O) groups is 1. The first kappa shape index (κ1) is 14.9. The summed E-state index contributed by atoms with van der Waals surface area (Å²) in [5, 5.41) is 3.45. The summed E-state index contributed by atoms with van der Waals surface area (Å²) in [6.45, 7) is 3.10. The normalized spacial score (nSPS) is 22.0. The van der Waals surface area contributed by atoms with Crippen LogP contribution >= 0.6 is 11.8 Å². The third kappa shape index (κ3) is 3.80. The molecule has 1 saturated carbocycles. The van der Waals surface area contributed by atoms with E-state index in [-0.39, 0.29) is 5.91 Å². The molecule has 2 fully saturated rings. The van der Waals surface area contributed by atoms with Crippen molar-refractivity contribution in [2.45, 2.75) is 36.6 Å². The number of thioether (sulfide) groups is 1. The van der Waals surface area contributed by atoms with E-state index in [2.05, 4.69) is 16.5 Å². The summed E-state index contributed by atoms with van der Waals surface area (Å²) in [7, 11) is 0. The molecule has 2 aliphatic rings. The van der Waals surface area contributed by atoms with Crippen molar-refractivity contribution in [1.82, 2.24) is 10.2 Å². The summed E-state index contributed by atoms with van der Waals surface area (Å²) < 4.78 is 0. The van der Waals surface area contributed by atoms with E-state index in [1.165, 1.54) is 30.6 Å². The van der Waals surface area contributed by atoms with Crippen molar-refractivity contribution in [3.63, 3.8) is 0 Å². The number of piperidine rings is 1. The summed E-state index contributed by atoms with van der Waals surface area (Å²) in [4.78, 5) is 16.1. The largest absolute Gasteiger partial charge is 0.335 e. The van der Waals surface area contributed by atoms with Crippen LogP contribution in [0.2, 0.25) is 0 Å². The fourth-order valence-electron chi connectivity index (χ4n) is 3.04. The Morgan fingerprint density at radius 1 is 1.29 bits per heavy atom. The molecule has 21 heavy (non-hydrogen) atoms. The molecule has 4 heteroatoms. The van der Waals surface area contributed by atoms with Gasteiger partial charge in [0.1, 0.15) is 0 Å². The van der Waals surface area contributed by atoms with Gasteiger partial charge in [0.25, 0.3) is 5.91 Å². The number of hydrogen-bond donors (Lipinski definition) is 1. The molecule has 1 atom stereocenters. The number of nitrogens with one attached hydrogen (secondary N) is 1. The molecule has 0 bridgehead atoms. The smallest absolute Gasteiger partial charge is 0.254 e. The van der Waals surface area contributed by atoms with Gasteiger partial charge in [-0.2, -0.15) is 0 Å². The third-order valence-corrected chi connectivity index (χ3v) is 5.18. The lowest BCUT2D eigenvalue weighted by atomic mass is 9.98. The molecule has 1 unspecified atom stereocenters. The van der Waals surface area contributed by atoms with Gasteiger partial charge in [0.05, 0.1) is 0 Å². The fraction of sp³-hybridized carbons (Fsp3) is 0.588. The summed E-state index contributed by atoms with van der Waals surface area (Å²) in [6, 6.07) is 8.53. The first-order valence-corrected chi connectivity index (χ1v) is 9.16. The fourth-order valence-corrected chi connectivity index (χ4v) is 3.45. The summed E-state index contributed by atoms with van der Waals surface area (Å²) >= 11 is 1.71. The maximum absolute atomic E-state index is 12.8. The van der Waals surface area contributed by atoms with E-state index in [1.807, 2.05) is 24.3 Å². The predicted octanol–water partition coefficient (Wildman–Crippen LogP) is 3.01. The second-order valence-electron chi connectivity index (χ2n) is 6.13. The molecule has 3 rings (SSSR count). The molecule has 1 aliphatic carbocycles. The molecular formula is C17H24N2OS. The SMILES string of the molecule is CSc1ccc(C(=O)N(CC2CCCNC2)C2CC2)cc1. The van der Waals surface area contributed by atoms with Crippen LogP contribution < -0.4 is 5.32 Å². The molecule has 1 aliphatic heterocycles. The predicted molar refractivity (Wildman–Crippen MR) is 87.9 cm³/mol. The van der Waals surface area contributed by atoms with E-state index >= 15 is 0 Å². The van der Waals surface area contributed by atoms with Crippen molar-refractivity contribution in [3.05, 3.63) is 29.8 Å². The van der Waals surface area contributed by atoms with Gasteiger partial charge in [-0.05, 0) is 75.2 Å². The molecule has 1 N–H and O–H groups in total. The van der Waals surface area contributed by atoms with E-state index in [0.717, 1.165) is 25.2 Å². The molecule has 114 valence electrons.